The van der Waals surface area contributed by atoms with Gasteiger partial charge in [0.2, 0.25) is 11.7 Å². The molecule has 1 aromatic carbocycles. The summed E-state index contributed by atoms with van der Waals surface area (Å²) in [5.74, 6) is 1.88. The summed E-state index contributed by atoms with van der Waals surface area (Å²) in [4.78, 5) is 4.23. The van der Waals surface area contributed by atoms with Gasteiger partial charge < -0.3 is 15.0 Å². The second kappa shape index (κ2) is 4.76. The first-order valence-electron chi connectivity index (χ1n) is 5.00. The fourth-order valence-electron chi connectivity index (χ4n) is 1.36. The molecule has 1 aromatic heterocycles. The number of nitrogens with two attached hydrogens (primary N) is 1. The standard InChI is InChI=1S/C11H13N3O2/c1-15-9-4-2-3-8(7-9)11-13-10(5-6-12)16-14-11/h2-4,7H,5-6,12H2,1H3. The van der Waals surface area contributed by atoms with Gasteiger partial charge in [0.15, 0.2) is 0 Å². The Kier molecular flexibility index (Phi) is 3.16. The number of benzene rings is 1. The molecule has 0 unspecified atom stereocenters. The number of hydrogen-bond donors (Lipinski definition) is 1. The van der Waals surface area contributed by atoms with Gasteiger partial charge >= 0.3 is 0 Å². The first kappa shape index (κ1) is 10.6. The highest BCUT2D eigenvalue weighted by Gasteiger charge is 2.08. The van der Waals surface area contributed by atoms with Gasteiger partial charge in [0.05, 0.1) is 7.11 Å². The molecule has 0 radical (unpaired) electrons. The first-order chi connectivity index (χ1) is 7.83. The molecule has 2 rings (SSSR count). The van der Waals surface area contributed by atoms with E-state index >= 15 is 0 Å². The predicted molar refractivity (Wildman–Crippen MR) is 59.0 cm³/mol. The molecule has 0 bridgehead atoms. The number of hydrogen-bond acceptors (Lipinski definition) is 5. The van der Waals surface area contributed by atoms with Crippen molar-refractivity contribution >= 4 is 0 Å². The maximum absolute atomic E-state index is 5.41. The average Bonchev–Trinajstić information content (AvgIpc) is 2.78. The Morgan fingerprint density at radius 2 is 2.31 bits per heavy atom. The van der Waals surface area contributed by atoms with E-state index in [0.717, 1.165) is 11.3 Å². The zero-order valence-electron chi connectivity index (χ0n) is 9.01. The number of methoxy groups -OCH3 is 1. The maximum atomic E-state index is 5.41. The van der Waals surface area contributed by atoms with Crippen molar-refractivity contribution in [1.29, 1.82) is 0 Å². The largest absolute Gasteiger partial charge is 0.497 e. The highest BCUT2D eigenvalue weighted by molar-refractivity contribution is 5.56. The lowest BCUT2D eigenvalue weighted by molar-refractivity contribution is 0.380. The van der Waals surface area contributed by atoms with Crippen molar-refractivity contribution in [2.24, 2.45) is 5.73 Å². The smallest absolute Gasteiger partial charge is 0.228 e. The molecular formula is C11H13N3O2. The Hall–Kier alpha value is -1.88. The summed E-state index contributed by atoms with van der Waals surface area (Å²) in [6, 6.07) is 7.51. The van der Waals surface area contributed by atoms with E-state index in [1.165, 1.54) is 0 Å². The molecule has 5 nitrogen and oxygen atoms in total. The van der Waals surface area contributed by atoms with Crippen LogP contribution < -0.4 is 10.5 Å². The van der Waals surface area contributed by atoms with E-state index in [-0.39, 0.29) is 0 Å². The minimum Gasteiger partial charge on any atom is -0.497 e. The van der Waals surface area contributed by atoms with Gasteiger partial charge in [-0.3, -0.25) is 0 Å². The Morgan fingerprint density at radius 3 is 3.06 bits per heavy atom. The molecule has 0 saturated carbocycles. The van der Waals surface area contributed by atoms with E-state index in [1.54, 1.807) is 7.11 Å². The van der Waals surface area contributed by atoms with Gasteiger partial charge in [0.1, 0.15) is 5.75 Å². The van der Waals surface area contributed by atoms with E-state index < -0.39 is 0 Å². The highest BCUT2D eigenvalue weighted by atomic mass is 16.5. The molecule has 0 fully saturated rings. The monoisotopic (exact) mass is 219 g/mol. The van der Waals surface area contributed by atoms with Crippen molar-refractivity contribution < 1.29 is 9.26 Å². The van der Waals surface area contributed by atoms with Crippen LogP contribution >= 0.6 is 0 Å². The first-order valence-corrected chi connectivity index (χ1v) is 5.00. The number of nitrogens with zero attached hydrogens (tertiary/aromatic N) is 2. The van der Waals surface area contributed by atoms with Crippen molar-refractivity contribution in [2.45, 2.75) is 6.42 Å². The molecule has 0 spiro atoms. The van der Waals surface area contributed by atoms with Gasteiger partial charge in [0.25, 0.3) is 0 Å². The summed E-state index contributed by atoms with van der Waals surface area (Å²) in [6.07, 6.45) is 0.594. The number of ether oxygens (including phenoxy) is 1. The van der Waals surface area contributed by atoms with Crippen LogP contribution in [-0.2, 0) is 6.42 Å². The van der Waals surface area contributed by atoms with Gasteiger partial charge in [-0.15, -0.1) is 0 Å². The van der Waals surface area contributed by atoms with Gasteiger partial charge in [-0.05, 0) is 12.1 Å². The van der Waals surface area contributed by atoms with Gasteiger partial charge in [-0.2, -0.15) is 4.98 Å². The van der Waals surface area contributed by atoms with Crippen molar-refractivity contribution in [3.05, 3.63) is 30.2 Å². The summed E-state index contributed by atoms with van der Waals surface area (Å²) in [5, 5.41) is 3.88. The SMILES string of the molecule is COc1cccc(-c2noc(CCN)n2)c1. The highest BCUT2D eigenvalue weighted by Crippen LogP contribution is 2.21. The summed E-state index contributed by atoms with van der Waals surface area (Å²) in [6.45, 7) is 0.500. The molecule has 84 valence electrons. The average molecular weight is 219 g/mol. The van der Waals surface area contributed by atoms with Crippen LogP contribution in [0.15, 0.2) is 28.8 Å². The molecule has 0 aliphatic carbocycles. The normalized spacial score (nSPS) is 10.4. The molecule has 2 N–H and O–H groups in total. The quantitative estimate of drug-likeness (QED) is 0.837. The zero-order valence-corrected chi connectivity index (χ0v) is 9.01. The Balaban J connectivity index is 2.27. The van der Waals surface area contributed by atoms with E-state index in [1.807, 2.05) is 24.3 Å². The maximum Gasteiger partial charge on any atom is 0.228 e. The fourth-order valence-corrected chi connectivity index (χ4v) is 1.36. The number of rotatable bonds is 4. The lowest BCUT2D eigenvalue weighted by atomic mass is 10.2. The third-order valence-corrected chi connectivity index (χ3v) is 2.15. The molecule has 1 heterocycles. The Bertz CT molecular complexity index is 468. The van der Waals surface area contributed by atoms with Gasteiger partial charge in [-0.25, -0.2) is 0 Å². The predicted octanol–water partition coefficient (Wildman–Crippen LogP) is 1.25. The van der Waals surface area contributed by atoms with Crippen molar-refractivity contribution in [3.63, 3.8) is 0 Å². The minimum absolute atomic E-state index is 0.500. The van der Waals surface area contributed by atoms with Crippen molar-refractivity contribution in [1.82, 2.24) is 10.1 Å². The van der Waals surface area contributed by atoms with Crippen LogP contribution in [0.25, 0.3) is 11.4 Å². The molecule has 16 heavy (non-hydrogen) atoms. The molecule has 0 aliphatic rings. The van der Waals surface area contributed by atoms with E-state index in [4.69, 9.17) is 15.0 Å². The second-order valence-electron chi connectivity index (χ2n) is 3.28. The van der Waals surface area contributed by atoms with Crippen LogP contribution in [0.3, 0.4) is 0 Å². The van der Waals surface area contributed by atoms with E-state index in [2.05, 4.69) is 10.1 Å². The van der Waals surface area contributed by atoms with Crippen LogP contribution in [0, 0.1) is 0 Å². The summed E-state index contributed by atoms with van der Waals surface area (Å²) < 4.78 is 10.2. The molecule has 0 atom stereocenters. The van der Waals surface area contributed by atoms with E-state index in [9.17, 15) is 0 Å². The second-order valence-corrected chi connectivity index (χ2v) is 3.28. The van der Waals surface area contributed by atoms with Crippen LogP contribution in [0.2, 0.25) is 0 Å². The lowest BCUT2D eigenvalue weighted by Gasteiger charge is -1.99. The van der Waals surface area contributed by atoms with Crippen molar-refractivity contribution in [3.8, 4) is 17.1 Å². The summed E-state index contributed by atoms with van der Waals surface area (Å²) in [5.41, 5.74) is 6.27. The third-order valence-electron chi connectivity index (χ3n) is 2.15. The lowest BCUT2D eigenvalue weighted by Crippen LogP contribution is -2.02. The Labute approximate surface area is 93.2 Å². The summed E-state index contributed by atoms with van der Waals surface area (Å²) in [7, 11) is 1.62. The van der Waals surface area contributed by atoms with Gasteiger partial charge in [-0.1, -0.05) is 17.3 Å². The summed E-state index contributed by atoms with van der Waals surface area (Å²) >= 11 is 0. The molecule has 0 amide bonds. The Morgan fingerprint density at radius 1 is 1.44 bits per heavy atom. The zero-order chi connectivity index (χ0) is 11.4. The molecule has 2 aromatic rings. The van der Waals surface area contributed by atoms with Crippen LogP contribution in [-0.4, -0.2) is 23.8 Å². The fraction of sp³-hybridized carbons (Fsp3) is 0.273. The van der Waals surface area contributed by atoms with E-state index in [0.29, 0.717) is 24.7 Å². The molecule has 0 aliphatic heterocycles. The van der Waals surface area contributed by atoms with Crippen LogP contribution in [0.5, 0.6) is 5.75 Å². The minimum atomic E-state index is 0.500. The van der Waals surface area contributed by atoms with Crippen LogP contribution in [0.1, 0.15) is 5.89 Å². The molecule has 5 heteroatoms. The van der Waals surface area contributed by atoms with Crippen LogP contribution in [0.4, 0.5) is 0 Å². The molecular weight excluding hydrogens is 206 g/mol. The van der Waals surface area contributed by atoms with Gasteiger partial charge in [0, 0.05) is 18.5 Å². The third kappa shape index (κ3) is 2.20. The van der Waals surface area contributed by atoms with Crippen molar-refractivity contribution in [2.75, 3.05) is 13.7 Å². The topological polar surface area (TPSA) is 74.2 Å². The number of aromatic nitrogens is 2. The molecule has 0 saturated heterocycles.